The number of hydrogen-bond acceptors (Lipinski definition) is 2. The highest BCUT2D eigenvalue weighted by Gasteiger charge is 2.31. The maximum Gasteiger partial charge on any atom is 0.251 e. The van der Waals surface area contributed by atoms with Crippen LogP contribution in [0.4, 0.5) is 0 Å². The van der Waals surface area contributed by atoms with Crippen molar-refractivity contribution >= 4 is 27.5 Å². The first kappa shape index (κ1) is 12.3. The zero-order chi connectivity index (χ0) is 12.4. The molecule has 2 rings (SSSR count). The third kappa shape index (κ3) is 2.57. The van der Waals surface area contributed by atoms with Gasteiger partial charge in [-0.2, -0.15) is 5.10 Å². The summed E-state index contributed by atoms with van der Waals surface area (Å²) >= 11 is 3.42. The van der Waals surface area contributed by atoms with E-state index in [9.17, 15) is 4.79 Å². The highest BCUT2D eigenvalue weighted by atomic mass is 79.9. The molecule has 17 heavy (non-hydrogen) atoms. The van der Waals surface area contributed by atoms with Crippen LogP contribution in [0, 0.1) is 5.92 Å². The van der Waals surface area contributed by atoms with E-state index >= 15 is 0 Å². The van der Waals surface area contributed by atoms with Gasteiger partial charge in [0.2, 0.25) is 0 Å². The van der Waals surface area contributed by atoms with E-state index in [1.807, 2.05) is 38.1 Å². The van der Waals surface area contributed by atoms with E-state index in [1.54, 1.807) is 5.01 Å². The minimum atomic E-state index is -0.0258. The van der Waals surface area contributed by atoms with Gasteiger partial charge in [0.05, 0.1) is 12.5 Å². The average Bonchev–Trinajstić information content (AvgIpc) is 2.54. The van der Waals surface area contributed by atoms with Crippen molar-refractivity contribution in [3.63, 3.8) is 0 Å². The first-order chi connectivity index (χ1) is 8.11. The standard InChI is InChI=1S/C13H15BrN2O/c1-3-12-9(2)15-16(13(12)17)8-10-5-4-6-11(14)7-10/h4-7,12H,3,8H2,1-2H3. The predicted octanol–water partition coefficient (Wildman–Crippen LogP) is 3.19. The monoisotopic (exact) mass is 294 g/mol. The smallest absolute Gasteiger partial charge is 0.251 e. The van der Waals surface area contributed by atoms with Crippen LogP contribution in [0.1, 0.15) is 25.8 Å². The maximum atomic E-state index is 12.0. The molecule has 1 amide bonds. The van der Waals surface area contributed by atoms with Crippen molar-refractivity contribution in [3.05, 3.63) is 34.3 Å². The summed E-state index contributed by atoms with van der Waals surface area (Å²) in [6, 6.07) is 7.95. The molecule has 1 atom stereocenters. The van der Waals surface area contributed by atoms with Crippen molar-refractivity contribution < 1.29 is 4.79 Å². The highest BCUT2D eigenvalue weighted by molar-refractivity contribution is 9.10. The molecule has 0 saturated carbocycles. The molecule has 1 unspecified atom stereocenters. The molecule has 0 aliphatic carbocycles. The summed E-state index contributed by atoms with van der Waals surface area (Å²) in [6.07, 6.45) is 0.823. The molecule has 0 N–H and O–H groups in total. The third-order valence-corrected chi connectivity index (χ3v) is 3.46. The van der Waals surface area contributed by atoms with Gasteiger partial charge in [0.1, 0.15) is 0 Å². The lowest BCUT2D eigenvalue weighted by atomic mass is 10.0. The SMILES string of the molecule is CCC1C(=O)N(Cc2cccc(Br)c2)N=C1C. The fourth-order valence-electron chi connectivity index (χ4n) is 2.06. The first-order valence-electron chi connectivity index (χ1n) is 5.72. The molecule has 1 aromatic carbocycles. The summed E-state index contributed by atoms with van der Waals surface area (Å²) in [5.74, 6) is 0.0899. The van der Waals surface area contributed by atoms with Gasteiger partial charge in [0, 0.05) is 10.2 Å². The van der Waals surface area contributed by atoms with Crippen LogP contribution in [-0.2, 0) is 11.3 Å². The van der Waals surface area contributed by atoms with Crippen molar-refractivity contribution in [1.82, 2.24) is 5.01 Å². The van der Waals surface area contributed by atoms with Gasteiger partial charge in [-0.1, -0.05) is 35.0 Å². The van der Waals surface area contributed by atoms with Crippen LogP contribution in [0.3, 0.4) is 0 Å². The van der Waals surface area contributed by atoms with E-state index in [4.69, 9.17) is 0 Å². The van der Waals surface area contributed by atoms with Gasteiger partial charge in [-0.3, -0.25) is 4.79 Å². The number of carbonyl (C=O) groups is 1. The summed E-state index contributed by atoms with van der Waals surface area (Å²) in [7, 11) is 0. The van der Waals surface area contributed by atoms with Gasteiger partial charge in [-0.15, -0.1) is 0 Å². The predicted molar refractivity (Wildman–Crippen MR) is 71.6 cm³/mol. The normalized spacial score (nSPS) is 19.7. The molecule has 0 saturated heterocycles. The maximum absolute atomic E-state index is 12.0. The number of hydrazone groups is 1. The molecular weight excluding hydrogens is 280 g/mol. The van der Waals surface area contributed by atoms with Gasteiger partial charge in [0.25, 0.3) is 5.91 Å². The van der Waals surface area contributed by atoms with Crippen LogP contribution < -0.4 is 0 Å². The van der Waals surface area contributed by atoms with Gasteiger partial charge >= 0.3 is 0 Å². The number of carbonyl (C=O) groups excluding carboxylic acids is 1. The summed E-state index contributed by atoms with van der Waals surface area (Å²) in [4.78, 5) is 12.0. The number of benzene rings is 1. The number of nitrogens with zero attached hydrogens (tertiary/aromatic N) is 2. The van der Waals surface area contributed by atoms with Crippen LogP contribution >= 0.6 is 15.9 Å². The minimum absolute atomic E-state index is 0.0258. The molecule has 1 aliphatic heterocycles. The van der Waals surface area contributed by atoms with Gasteiger partial charge in [-0.25, -0.2) is 5.01 Å². The van der Waals surface area contributed by atoms with Crippen LogP contribution in [0.25, 0.3) is 0 Å². The molecule has 0 bridgehead atoms. The summed E-state index contributed by atoms with van der Waals surface area (Å²) in [5, 5.41) is 5.91. The summed E-state index contributed by atoms with van der Waals surface area (Å²) < 4.78 is 1.02. The zero-order valence-corrected chi connectivity index (χ0v) is 11.6. The Kier molecular flexibility index (Phi) is 3.62. The Labute approximate surface area is 110 Å². The van der Waals surface area contributed by atoms with E-state index in [2.05, 4.69) is 21.0 Å². The molecule has 0 spiro atoms. The Morgan fingerprint density at radius 2 is 2.24 bits per heavy atom. The van der Waals surface area contributed by atoms with Gasteiger partial charge in [0.15, 0.2) is 0 Å². The molecule has 1 aromatic rings. The Balaban J connectivity index is 2.13. The summed E-state index contributed by atoms with van der Waals surface area (Å²) in [6.45, 7) is 4.49. The largest absolute Gasteiger partial charge is 0.272 e. The Morgan fingerprint density at radius 1 is 1.47 bits per heavy atom. The van der Waals surface area contributed by atoms with Crippen molar-refractivity contribution in [2.75, 3.05) is 0 Å². The second-order valence-electron chi connectivity index (χ2n) is 4.23. The third-order valence-electron chi connectivity index (χ3n) is 2.96. The van der Waals surface area contributed by atoms with Crippen LogP contribution in [0.15, 0.2) is 33.8 Å². The van der Waals surface area contributed by atoms with E-state index in [-0.39, 0.29) is 11.8 Å². The van der Waals surface area contributed by atoms with E-state index in [0.29, 0.717) is 6.54 Å². The van der Waals surface area contributed by atoms with Gasteiger partial charge < -0.3 is 0 Å². The van der Waals surface area contributed by atoms with Crippen LogP contribution in [0.5, 0.6) is 0 Å². The molecule has 90 valence electrons. The van der Waals surface area contributed by atoms with Crippen molar-refractivity contribution in [2.45, 2.75) is 26.8 Å². The molecule has 1 aliphatic rings. The fourth-order valence-corrected chi connectivity index (χ4v) is 2.51. The number of halogens is 1. The molecule has 0 radical (unpaired) electrons. The zero-order valence-electron chi connectivity index (χ0n) is 9.98. The van der Waals surface area contributed by atoms with Crippen LogP contribution in [0.2, 0.25) is 0 Å². The Bertz CT molecular complexity index is 470. The van der Waals surface area contributed by atoms with E-state index in [0.717, 1.165) is 22.2 Å². The van der Waals surface area contributed by atoms with E-state index in [1.165, 1.54) is 0 Å². The number of amides is 1. The molecule has 0 fully saturated rings. The topological polar surface area (TPSA) is 32.7 Å². The molecule has 1 heterocycles. The number of hydrogen-bond donors (Lipinski definition) is 0. The minimum Gasteiger partial charge on any atom is -0.272 e. The molecule has 4 heteroatoms. The second-order valence-corrected chi connectivity index (χ2v) is 5.14. The molecule has 0 aromatic heterocycles. The fraction of sp³-hybridized carbons (Fsp3) is 0.385. The van der Waals surface area contributed by atoms with Crippen molar-refractivity contribution in [2.24, 2.45) is 11.0 Å². The molecular formula is C13H15BrN2O. The van der Waals surface area contributed by atoms with Crippen molar-refractivity contribution in [3.8, 4) is 0 Å². The number of rotatable bonds is 3. The lowest BCUT2D eigenvalue weighted by molar-refractivity contribution is -0.132. The summed E-state index contributed by atoms with van der Waals surface area (Å²) in [5.41, 5.74) is 2.01. The highest BCUT2D eigenvalue weighted by Crippen LogP contribution is 2.21. The molecule has 3 nitrogen and oxygen atoms in total. The van der Waals surface area contributed by atoms with Gasteiger partial charge in [-0.05, 0) is 31.0 Å². The lowest BCUT2D eigenvalue weighted by Crippen LogP contribution is -2.26. The first-order valence-corrected chi connectivity index (χ1v) is 6.52. The van der Waals surface area contributed by atoms with Crippen LogP contribution in [-0.4, -0.2) is 16.6 Å². The Morgan fingerprint density at radius 3 is 2.82 bits per heavy atom. The van der Waals surface area contributed by atoms with Crippen molar-refractivity contribution in [1.29, 1.82) is 0 Å². The lowest BCUT2D eigenvalue weighted by Gasteiger charge is -2.13. The second kappa shape index (κ2) is 5.00. The average molecular weight is 295 g/mol. The quantitative estimate of drug-likeness (QED) is 0.843. The van der Waals surface area contributed by atoms with E-state index < -0.39 is 0 Å². The Hall–Kier alpha value is -1.16.